The number of carbonyl (C=O) groups excluding carboxylic acids is 1. The molecule has 0 aromatic carbocycles. The smallest absolute Gasteiger partial charge is 0.315 e. The summed E-state index contributed by atoms with van der Waals surface area (Å²) in [5.74, 6) is 0.443. The van der Waals surface area contributed by atoms with Crippen molar-refractivity contribution in [2.75, 3.05) is 18.4 Å². The fraction of sp³-hybridized carbons (Fsp3) is 0.700. The van der Waals surface area contributed by atoms with Crippen LogP contribution in [-0.2, 0) is 11.3 Å². The number of rotatable bonds is 7. The van der Waals surface area contributed by atoms with Crippen molar-refractivity contribution >= 4 is 11.9 Å². The first kappa shape index (κ1) is 11.8. The van der Waals surface area contributed by atoms with Crippen molar-refractivity contribution in [3.8, 4) is 0 Å². The van der Waals surface area contributed by atoms with Gasteiger partial charge in [0, 0.05) is 12.6 Å². The SMILES string of the molecule is CCNC(=O)CNc1nnc(CNC2CC2)o1. The average molecular weight is 239 g/mol. The second-order valence-electron chi connectivity index (χ2n) is 3.96. The number of nitrogens with one attached hydrogen (secondary N) is 3. The Morgan fingerprint density at radius 1 is 1.47 bits per heavy atom. The zero-order valence-corrected chi connectivity index (χ0v) is 9.82. The fourth-order valence-electron chi connectivity index (χ4n) is 1.33. The molecule has 94 valence electrons. The normalized spacial score (nSPS) is 14.6. The third-order valence-electron chi connectivity index (χ3n) is 2.36. The van der Waals surface area contributed by atoms with Gasteiger partial charge in [-0.3, -0.25) is 4.79 Å². The summed E-state index contributed by atoms with van der Waals surface area (Å²) in [6.07, 6.45) is 2.44. The predicted octanol–water partition coefficient (Wildman–Crippen LogP) is -0.130. The molecule has 1 amide bonds. The summed E-state index contributed by atoms with van der Waals surface area (Å²) in [5, 5.41) is 16.4. The number of carbonyl (C=O) groups is 1. The molecule has 1 aliphatic rings. The van der Waals surface area contributed by atoms with Gasteiger partial charge < -0.3 is 20.4 Å². The molecule has 0 saturated heterocycles. The molecule has 7 nitrogen and oxygen atoms in total. The molecule has 0 bridgehead atoms. The maximum absolute atomic E-state index is 11.2. The van der Waals surface area contributed by atoms with Gasteiger partial charge in [-0.15, -0.1) is 5.10 Å². The van der Waals surface area contributed by atoms with Crippen LogP contribution >= 0.6 is 0 Å². The molecule has 1 aromatic heterocycles. The van der Waals surface area contributed by atoms with E-state index >= 15 is 0 Å². The molecule has 1 aliphatic carbocycles. The van der Waals surface area contributed by atoms with Gasteiger partial charge in [-0.25, -0.2) is 0 Å². The van der Waals surface area contributed by atoms with Crippen LogP contribution in [0.1, 0.15) is 25.7 Å². The maximum atomic E-state index is 11.2. The number of hydrogen-bond donors (Lipinski definition) is 3. The Bertz CT molecular complexity index is 375. The molecule has 17 heavy (non-hydrogen) atoms. The van der Waals surface area contributed by atoms with E-state index in [9.17, 15) is 4.79 Å². The lowest BCUT2D eigenvalue weighted by molar-refractivity contribution is -0.119. The second-order valence-corrected chi connectivity index (χ2v) is 3.96. The van der Waals surface area contributed by atoms with E-state index in [4.69, 9.17) is 4.42 Å². The Hall–Kier alpha value is -1.63. The van der Waals surface area contributed by atoms with Gasteiger partial charge in [0.1, 0.15) is 0 Å². The zero-order valence-electron chi connectivity index (χ0n) is 9.82. The molecule has 2 rings (SSSR count). The number of likely N-dealkylation sites (N-methyl/N-ethyl adjacent to an activating group) is 1. The molecule has 7 heteroatoms. The molecular weight excluding hydrogens is 222 g/mol. The summed E-state index contributed by atoms with van der Waals surface area (Å²) in [4.78, 5) is 11.2. The van der Waals surface area contributed by atoms with E-state index in [1.807, 2.05) is 6.92 Å². The van der Waals surface area contributed by atoms with Crippen LogP contribution in [0, 0.1) is 0 Å². The van der Waals surface area contributed by atoms with Gasteiger partial charge in [0.2, 0.25) is 11.8 Å². The molecular formula is C10H17N5O2. The number of anilines is 1. The molecule has 0 spiro atoms. The number of amides is 1. The third kappa shape index (κ3) is 4.03. The first-order valence-corrected chi connectivity index (χ1v) is 5.84. The lowest BCUT2D eigenvalue weighted by atomic mass is 10.5. The van der Waals surface area contributed by atoms with Crippen molar-refractivity contribution in [3.63, 3.8) is 0 Å². The van der Waals surface area contributed by atoms with Crippen molar-refractivity contribution in [2.45, 2.75) is 32.4 Å². The highest BCUT2D eigenvalue weighted by Gasteiger charge is 2.21. The largest absolute Gasteiger partial charge is 0.407 e. The second kappa shape index (κ2) is 5.62. The minimum Gasteiger partial charge on any atom is -0.407 e. The van der Waals surface area contributed by atoms with Gasteiger partial charge in [-0.1, -0.05) is 5.10 Å². The summed E-state index contributed by atoms with van der Waals surface area (Å²) < 4.78 is 5.31. The van der Waals surface area contributed by atoms with Crippen molar-refractivity contribution in [1.82, 2.24) is 20.8 Å². The number of aromatic nitrogens is 2. The molecule has 1 heterocycles. The van der Waals surface area contributed by atoms with Crippen LogP contribution in [0.5, 0.6) is 0 Å². The Morgan fingerprint density at radius 3 is 3.00 bits per heavy atom. The Balaban J connectivity index is 1.71. The lowest BCUT2D eigenvalue weighted by Crippen LogP contribution is -2.29. The van der Waals surface area contributed by atoms with E-state index < -0.39 is 0 Å². The Labute approximate surface area is 99.4 Å². The molecule has 3 N–H and O–H groups in total. The minimum atomic E-state index is -0.0941. The predicted molar refractivity (Wildman–Crippen MR) is 61.3 cm³/mol. The highest BCUT2D eigenvalue weighted by Crippen LogP contribution is 2.19. The van der Waals surface area contributed by atoms with Crippen molar-refractivity contribution < 1.29 is 9.21 Å². The van der Waals surface area contributed by atoms with E-state index in [0.717, 1.165) is 0 Å². The number of hydrogen-bond acceptors (Lipinski definition) is 6. The molecule has 0 aliphatic heterocycles. The van der Waals surface area contributed by atoms with Gasteiger partial charge >= 0.3 is 6.01 Å². The highest BCUT2D eigenvalue weighted by atomic mass is 16.4. The van der Waals surface area contributed by atoms with Crippen LogP contribution in [0.15, 0.2) is 4.42 Å². The van der Waals surface area contributed by atoms with Crippen LogP contribution in [0.3, 0.4) is 0 Å². The van der Waals surface area contributed by atoms with Crippen LogP contribution in [0.4, 0.5) is 6.01 Å². The van der Waals surface area contributed by atoms with Gasteiger partial charge in [-0.05, 0) is 19.8 Å². The van der Waals surface area contributed by atoms with Crippen molar-refractivity contribution in [3.05, 3.63) is 5.89 Å². The molecule has 1 aromatic rings. The minimum absolute atomic E-state index is 0.0941. The van der Waals surface area contributed by atoms with Crippen LogP contribution in [-0.4, -0.2) is 35.2 Å². The number of nitrogens with zero attached hydrogens (tertiary/aromatic N) is 2. The summed E-state index contributed by atoms with van der Waals surface area (Å²) in [6.45, 7) is 3.21. The standard InChI is InChI=1S/C10H17N5O2/c1-2-11-8(16)5-13-10-15-14-9(17-10)6-12-7-3-4-7/h7,12H,2-6H2,1H3,(H,11,16)(H,13,15). The Kier molecular flexibility index (Phi) is 3.92. The maximum Gasteiger partial charge on any atom is 0.315 e. The monoisotopic (exact) mass is 239 g/mol. The molecule has 1 saturated carbocycles. The van der Waals surface area contributed by atoms with E-state index in [1.54, 1.807) is 0 Å². The first-order valence-electron chi connectivity index (χ1n) is 5.84. The quantitative estimate of drug-likeness (QED) is 0.614. The molecule has 0 atom stereocenters. The van der Waals surface area contributed by atoms with Crippen LogP contribution in [0.2, 0.25) is 0 Å². The van der Waals surface area contributed by atoms with E-state index in [1.165, 1.54) is 12.8 Å². The van der Waals surface area contributed by atoms with Gasteiger partial charge in [0.05, 0.1) is 13.1 Å². The van der Waals surface area contributed by atoms with Gasteiger partial charge in [0.25, 0.3) is 0 Å². The lowest BCUT2D eigenvalue weighted by Gasteiger charge is -2.01. The summed E-state index contributed by atoms with van der Waals surface area (Å²) in [6, 6.07) is 0.887. The highest BCUT2D eigenvalue weighted by molar-refractivity contribution is 5.79. The molecule has 1 fully saturated rings. The third-order valence-corrected chi connectivity index (χ3v) is 2.36. The van der Waals surface area contributed by atoms with Gasteiger partial charge in [0.15, 0.2) is 0 Å². The zero-order chi connectivity index (χ0) is 12.1. The molecule has 0 unspecified atom stereocenters. The van der Waals surface area contributed by atoms with Gasteiger partial charge in [-0.2, -0.15) is 0 Å². The molecule has 0 radical (unpaired) electrons. The summed E-state index contributed by atoms with van der Waals surface area (Å²) >= 11 is 0. The van der Waals surface area contributed by atoms with Crippen LogP contribution < -0.4 is 16.0 Å². The fourth-order valence-corrected chi connectivity index (χ4v) is 1.33. The van der Waals surface area contributed by atoms with E-state index in [2.05, 4.69) is 26.1 Å². The average Bonchev–Trinajstić information content (AvgIpc) is 3.03. The van der Waals surface area contributed by atoms with E-state index in [0.29, 0.717) is 25.0 Å². The van der Waals surface area contributed by atoms with Crippen molar-refractivity contribution in [2.24, 2.45) is 0 Å². The van der Waals surface area contributed by atoms with Crippen molar-refractivity contribution in [1.29, 1.82) is 0 Å². The topological polar surface area (TPSA) is 92.1 Å². The van der Waals surface area contributed by atoms with Crippen LogP contribution in [0.25, 0.3) is 0 Å². The van der Waals surface area contributed by atoms with E-state index in [-0.39, 0.29) is 18.5 Å². The first-order chi connectivity index (χ1) is 8.28. The summed E-state index contributed by atoms with van der Waals surface area (Å²) in [7, 11) is 0. The summed E-state index contributed by atoms with van der Waals surface area (Å²) in [5.41, 5.74) is 0. The Morgan fingerprint density at radius 2 is 2.29 bits per heavy atom.